The monoisotopic (exact) mass is 688 g/mol. The van der Waals surface area contributed by atoms with Crippen LogP contribution < -0.4 is 15.9 Å². The number of hydrogen-bond donors (Lipinski definition) is 0. The van der Waals surface area contributed by atoms with Gasteiger partial charge in [0.1, 0.15) is 5.60 Å². The van der Waals surface area contributed by atoms with Crippen molar-refractivity contribution in [1.82, 2.24) is 19.7 Å². The molecule has 6 rings (SSSR count). The fraction of sp³-hybridized carbons (Fsp3) is 0.229. The number of carbonyl (C=O) groups excluding carboxylic acids is 2. The second-order valence-corrected chi connectivity index (χ2v) is 18.2. The Bertz CT molecular complexity index is 1890. The quantitative estimate of drug-likeness (QED) is 0.216. The summed E-state index contributed by atoms with van der Waals surface area (Å²) in [6, 6.07) is 26.2. The first-order valence-electron chi connectivity index (χ1n) is 15.4. The first kappa shape index (κ1) is 33.3. The van der Waals surface area contributed by atoms with Gasteiger partial charge in [0.2, 0.25) is 0 Å². The summed E-state index contributed by atoms with van der Waals surface area (Å²) in [5.74, 6) is 1.82. The number of rotatable bonds is 9. The van der Waals surface area contributed by atoms with E-state index in [1.165, 1.54) is 17.3 Å². The van der Waals surface area contributed by atoms with E-state index in [9.17, 15) is 18.0 Å². The number of hydroxylamine groups is 2. The molecule has 11 nitrogen and oxygen atoms in total. The first-order chi connectivity index (χ1) is 22.8. The van der Waals surface area contributed by atoms with E-state index in [-0.39, 0.29) is 13.1 Å². The number of urea groups is 1. The van der Waals surface area contributed by atoms with Crippen molar-refractivity contribution < 1.29 is 31.0 Å². The molecule has 4 aromatic rings. The fourth-order valence-electron chi connectivity index (χ4n) is 6.19. The number of amides is 2. The molecule has 2 aliphatic rings. The summed E-state index contributed by atoms with van der Waals surface area (Å²) in [6.07, 6.45) is 5.89. The summed E-state index contributed by atoms with van der Waals surface area (Å²) in [6.45, 7) is 2.97. The van der Waals surface area contributed by atoms with Crippen LogP contribution in [-0.4, -0.2) is 65.0 Å². The van der Waals surface area contributed by atoms with Crippen LogP contribution in [0.5, 0.6) is 0 Å². The zero-order chi connectivity index (χ0) is 34.2. The molecule has 0 saturated carbocycles. The van der Waals surface area contributed by atoms with Gasteiger partial charge in [-0.15, -0.1) is 0 Å². The Labute approximate surface area is 280 Å². The van der Waals surface area contributed by atoms with E-state index in [2.05, 4.69) is 5.10 Å². The molecule has 3 heterocycles. The molecule has 3 aromatic carbocycles. The summed E-state index contributed by atoms with van der Waals surface area (Å²) < 4.78 is 47.4. The van der Waals surface area contributed by atoms with Crippen LogP contribution in [0.3, 0.4) is 0 Å². The van der Waals surface area contributed by atoms with Crippen LogP contribution in [-0.2, 0) is 23.4 Å². The zero-order valence-electron chi connectivity index (χ0n) is 27.0. The number of carbonyl (C=O) groups is 2. The van der Waals surface area contributed by atoms with E-state index in [4.69, 9.17) is 13.0 Å². The van der Waals surface area contributed by atoms with Crippen molar-refractivity contribution in [3.8, 4) is 0 Å². The SMILES string of the molecule is CC=CP(OS(=O)(=O)ON1C(=O)N2CC(c3cnn(C(=O)OC(C)(C)C)c3)=CC1C2)(c1ccccc1)(c1ccccc1)c1ccccc1. The van der Waals surface area contributed by atoms with Crippen molar-refractivity contribution in [3.63, 3.8) is 0 Å². The molecule has 1 unspecified atom stereocenters. The van der Waals surface area contributed by atoms with Crippen LogP contribution in [0.25, 0.3) is 5.57 Å². The summed E-state index contributed by atoms with van der Waals surface area (Å²) in [5, 5.41) is 6.86. The van der Waals surface area contributed by atoms with Gasteiger partial charge in [-0.25, -0.2) is 0 Å². The molecule has 48 heavy (non-hydrogen) atoms. The Morgan fingerprint density at radius 1 is 0.917 bits per heavy atom. The van der Waals surface area contributed by atoms with E-state index in [1.54, 1.807) is 32.9 Å². The molecular formula is C35H37N4O7PS. The Hall–Kier alpha value is -4.61. The van der Waals surface area contributed by atoms with Gasteiger partial charge in [0.15, 0.2) is 0 Å². The number of fused-ring (bicyclic) bond motifs is 2. The molecule has 1 atom stereocenters. The predicted molar refractivity (Wildman–Crippen MR) is 185 cm³/mol. The van der Waals surface area contributed by atoms with Gasteiger partial charge in [0, 0.05) is 0 Å². The van der Waals surface area contributed by atoms with Crippen LogP contribution in [0.4, 0.5) is 9.59 Å². The maximum absolute atomic E-state index is 14.3. The van der Waals surface area contributed by atoms with Gasteiger partial charge >= 0.3 is 255 Å². The average molecular weight is 689 g/mol. The van der Waals surface area contributed by atoms with Crippen molar-refractivity contribution in [3.05, 3.63) is 127 Å². The normalized spacial score (nSPS) is 17.7. The maximum atomic E-state index is 14.3. The standard InChI is InChI=1S/C35H37N4O7PS/c1-5-21-47(30-15-9-6-10-16-30,31-17-11-7-12-18-31,32-19-13-8-14-20-32)46-48(42,43)45-39-29-22-27(24-37(26-29)33(39)40)28-23-36-38(25-28)34(41)44-35(2,3)4/h5-23,25,29H,24,26H2,1-4H3. The molecule has 0 N–H and O–H groups in total. The number of nitrogens with zero attached hydrogens (tertiary/aromatic N) is 4. The van der Waals surface area contributed by atoms with E-state index < -0.39 is 41.0 Å². The number of benzene rings is 3. The van der Waals surface area contributed by atoms with Crippen molar-refractivity contribution in [2.45, 2.75) is 39.3 Å². The molecule has 0 spiro atoms. The minimum atomic E-state index is -4.95. The molecule has 2 aliphatic heterocycles. The third-order valence-electron chi connectivity index (χ3n) is 8.11. The predicted octanol–water partition coefficient (Wildman–Crippen LogP) is 5.34. The molecule has 1 saturated heterocycles. The van der Waals surface area contributed by atoms with Crippen LogP contribution in [0.15, 0.2) is 121 Å². The third-order valence-corrected chi connectivity index (χ3v) is 15.3. The summed E-state index contributed by atoms with van der Waals surface area (Å²) in [4.78, 5) is 27.6. The summed E-state index contributed by atoms with van der Waals surface area (Å²) >= 11 is 0. The van der Waals surface area contributed by atoms with Crippen LogP contribution >= 0.6 is 6.83 Å². The Balaban J connectivity index is 1.39. The molecule has 250 valence electrons. The summed E-state index contributed by atoms with van der Waals surface area (Å²) in [7, 11) is -4.95. The third kappa shape index (κ3) is 5.97. The number of hydrogen-bond acceptors (Lipinski definition) is 8. The second kappa shape index (κ2) is 12.4. The van der Waals surface area contributed by atoms with Gasteiger partial charge < -0.3 is 0 Å². The van der Waals surface area contributed by atoms with Gasteiger partial charge in [-0.1, -0.05) is 0 Å². The molecule has 13 heteroatoms. The van der Waals surface area contributed by atoms with Gasteiger partial charge in [-0.3, -0.25) is 0 Å². The van der Waals surface area contributed by atoms with Crippen LogP contribution in [0.1, 0.15) is 33.3 Å². The van der Waals surface area contributed by atoms with E-state index in [0.29, 0.717) is 27.1 Å². The van der Waals surface area contributed by atoms with E-state index >= 15 is 0 Å². The Morgan fingerprint density at radius 3 is 1.96 bits per heavy atom. The molecule has 2 bridgehead atoms. The van der Waals surface area contributed by atoms with Crippen molar-refractivity contribution in [1.29, 1.82) is 0 Å². The molecule has 0 aliphatic carbocycles. The zero-order valence-corrected chi connectivity index (χ0v) is 28.8. The molecule has 1 aromatic heterocycles. The second-order valence-electron chi connectivity index (χ2n) is 12.6. The Morgan fingerprint density at radius 2 is 1.46 bits per heavy atom. The van der Waals surface area contributed by atoms with Gasteiger partial charge in [-0.2, -0.15) is 0 Å². The summed E-state index contributed by atoms with van der Waals surface area (Å²) in [5.41, 5.74) is 0.549. The Kier molecular flexibility index (Phi) is 8.63. The molecule has 2 amide bonds. The number of aromatic nitrogens is 2. The van der Waals surface area contributed by atoms with Gasteiger partial charge in [-0.05, 0) is 20.8 Å². The van der Waals surface area contributed by atoms with Crippen LogP contribution in [0.2, 0.25) is 0 Å². The van der Waals surface area contributed by atoms with Crippen molar-refractivity contribution in [2.24, 2.45) is 0 Å². The molecule has 0 radical (unpaired) electrons. The van der Waals surface area contributed by atoms with Crippen molar-refractivity contribution >= 4 is 50.8 Å². The average Bonchev–Trinajstić information content (AvgIpc) is 3.65. The first-order valence-corrected chi connectivity index (χ1v) is 19.0. The van der Waals surface area contributed by atoms with Gasteiger partial charge in [0.25, 0.3) is 0 Å². The molecule has 1 fully saturated rings. The fourth-order valence-corrected chi connectivity index (χ4v) is 13.7. The van der Waals surface area contributed by atoms with Crippen molar-refractivity contribution in [2.75, 3.05) is 13.1 Å². The minimum absolute atomic E-state index is 0.159. The number of ether oxygens (including phenoxy) is 1. The van der Waals surface area contributed by atoms with Crippen LogP contribution in [0, 0.1) is 0 Å². The van der Waals surface area contributed by atoms with E-state index in [0.717, 1.165) is 9.75 Å². The van der Waals surface area contributed by atoms with E-state index in [1.807, 2.05) is 104 Å². The molecular weight excluding hydrogens is 651 g/mol. The van der Waals surface area contributed by atoms with Gasteiger partial charge in [0.05, 0.1) is 0 Å². The topological polar surface area (TPSA) is 120 Å². The number of allylic oxidation sites excluding steroid dienone is 1.